The number of amides is 1. The van der Waals surface area contributed by atoms with Crippen molar-refractivity contribution in [3.63, 3.8) is 0 Å². The molecule has 32 heavy (non-hydrogen) atoms. The number of carbonyl (C=O) groups is 1. The van der Waals surface area contributed by atoms with E-state index in [-0.39, 0.29) is 17.9 Å². The first kappa shape index (κ1) is 22.4. The van der Waals surface area contributed by atoms with Gasteiger partial charge in [-0.15, -0.1) is 0 Å². The smallest absolute Gasteiger partial charge is 0.395 e. The number of carbonyl (C=O) groups excluding carboxylic acids is 1. The SMILES string of the molecule is Cc1snc2c1c1cc(C(=O)N=[S@@](C)(=O)CCO)ccc1n2-c1ccc(C(F)(F)F)cc1. The normalized spacial score (nSPS) is 14.1. The summed E-state index contributed by atoms with van der Waals surface area (Å²) < 4.78 is 61.2. The number of halogens is 3. The highest BCUT2D eigenvalue weighted by Crippen LogP contribution is 2.37. The van der Waals surface area contributed by atoms with Gasteiger partial charge >= 0.3 is 6.18 Å². The number of rotatable bonds is 4. The van der Waals surface area contributed by atoms with Gasteiger partial charge in [0.1, 0.15) is 0 Å². The quantitative estimate of drug-likeness (QED) is 0.454. The summed E-state index contributed by atoms with van der Waals surface area (Å²) in [4.78, 5) is 13.5. The van der Waals surface area contributed by atoms with Crippen molar-refractivity contribution in [3.8, 4) is 5.69 Å². The molecule has 2 aromatic carbocycles. The first-order chi connectivity index (χ1) is 15.0. The molecule has 2 heterocycles. The largest absolute Gasteiger partial charge is 0.416 e. The Morgan fingerprint density at radius 1 is 1.22 bits per heavy atom. The Kier molecular flexibility index (Phi) is 5.60. The van der Waals surface area contributed by atoms with E-state index in [4.69, 9.17) is 5.11 Å². The number of aliphatic hydroxyl groups excluding tert-OH is 1. The van der Waals surface area contributed by atoms with E-state index in [1.54, 1.807) is 16.7 Å². The third-order valence-electron chi connectivity index (χ3n) is 5.01. The second-order valence-corrected chi connectivity index (χ2v) is 10.8. The molecule has 11 heteroatoms. The van der Waals surface area contributed by atoms with Crippen LogP contribution in [0.3, 0.4) is 0 Å². The topological polar surface area (TPSA) is 84.6 Å². The zero-order chi connectivity index (χ0) is 23.3. The second kappa shape index (κ2) is 7.98. The summed E-state index contributed by atoms with van der Waals surface area (Å²) in [7, 11) is -2.86. The van der Waals surface area contributed by atoms with Gasteiger partial charge in [-0.05, 0) is 60.9 Å². The van der Waals surface area contributed by atoms with Crippen molar-refractivity contribution in [2.24, 2.45) is 4.36 Å². The summed E-state index contributed by atoms with van der Waals surface area (Å²) >= 11 is 1.25. The van der Waals surface area contributed by atoms with E-state index >= 15 is 0 Å². The molecular formula is C21H18F3N3O3S2. The molecule has 0 aliphatic carbocycles. The maximum Gasteiger partial charge on any atom is 0.416 e. The molecule has 0 saturated carbocycles. The molecule has 1 N–H and O–H groups in total. The fraction of sp³-hybridized carbons (Fsp3) is 0.238. The number of hydrogen-bond acceptors (Lipinski definition) is 5. The van der Waals surface area contributed by atoms with Gasteiger partial charge in [-0.2, -0.15) is 21.9 Å². The molecule has 2 aromatic heterocycles. The predicted octanol–water partition coefficient (Wildman–Crippen LogP) is 4.80. The van der Waals surface area contributed by atoms with Gasteiger partial charge in [0.05, 0.1) is 33.2 Å². The van der Waals surface area contributed by atoms with Crippen LogP contribution in [0.15, 0.2) is 46.8 Å². The number of aromatic nitrogens is 2. The molecule has 1 amide bonds. The standard InChI is InChI=1S/C21H18F3N3O3S2/c1-12-18-16-11-13(20(29)26-32(2,30)10-9-28)3-8-17(16)27(19(18)25-31-12)15-6-4-14(5-7-15)21(22,23)24/h3-8,11,28H,9-10H2,1-2H3/t32-/m0/s1. The number of fused-ring (bicyclic) bond motifs is 3. The van der Waals surface area contributed by atoms with Crippen molar-refractivity contribution in [2.75, 3.05) is 18.6 Å². The van der Waals surface area contributed by atoms with Crippen molar-refractivity contribution >= 4 is 49.1 Å². The van der Waals surface area contributed by atoms with E-state index in [0.717, 1.165) is 22.4 Å². The highest BCUT2D eigenvalue weighted by molar-refractivity contribution is 7.93. The molecule has 0 aliphatic heterocycles. The fourth-order valence-electron chi connectivity index (χ4n) is 3.51. The molecule has 0 spiro atoms. The van der Waals surface area contributed by atoms with Crippen LogP contribution in [0.25, 0.3) is 27.6 Å². The Hall–Kier alpha value is -2.76. The van der Waals surface area contributed by atoms with Crippen LogP contribution in [0.2, 0.25) is 0 Å². The summed E-state index contributed by atoms with van der Waals surface area (Å²) in [5, 5.41) is 10.5. The predicted molar refractivity (Wildman–Crippen MR) is 119 cm³/mol. The monoisotopic (exact) mass is 481 g/mol. The summed E-state index contributed by atoms with van der Waals surface area (Å²) in [6.07, 6.45) is -3.12. The summed E-state index contributed by atoms with van der Waals surface area (Å²) in [5.74, 6) is -0.771. The van der Waals surface area contributed by atoms with E-state index in [9.17, 15) is 22.2 Å². The maximum atomic E-state index is 13.0. The van der Waals surface area contributed by atoms with Crippen LogP contribution in [0, 0.1) is 6.92 Å². The fourth-order valence-corrected chi connectivity index (χ4v) is 5.08. The minimum Gasteiger partial charge on any atom is -0.395 e. The number of benzene rings is 2. The Morgan fingerprint density at radius 3 is 2.53 bits per heavy atom. The average Bonchev–Trinajstić information content (AvgIpc) is 3.24. The first-order valence-electron chi connectivity index (χ1n) is 9.45. The van der Waals surface area contributed by atoms with Gasteiger partial charge in [0, 0.05) is 33.2 Å². The van der Waals surface area contributed by atoms with E-state index in [0.29, 0.717) is 22.2 Å². The lowest BCUT2D eigenvalue weighted by molar-refractivity contribution is -0.137. The van der Waals surface area contributed by atoms with Crippen molar-refractivity contribution < 1.29 is 27.3 Å². The minimum absolute atomic E-state index is 0.108. The minimum atomic E-state index is -4.43. The molecular weight excluding hydrogens is 463 g/mol. The van der Waals surface area contributed by atoms with Gasteiger partial charge in [-0.3, -0.25) is 9.36 Å². The highest BCUT2D eigenvalue weighted by atomic mass is 32.2. The molecule has 0 radical (unpaired) electrons. The Bertz CT molecular complexity index is 1460. The first-order valence-corrected chi connectivity index (χ1v) is 12.3. The molecule has 4 rings (SSSR count). The Balaban J connectivity index is 1.89. The lowest BCUT2D eigenvalue weighted by Crippen LogP contribution is -2.10. The maximum absolute atomic E-state index is 13.0. The number of aliphatic hydroxyl groups is 1. The van der Waals surface area contributed by atoms with Gasteiger partial charge in [0.15, 0.2) is 5.65 Å². The van der Waals surface area contributed by atoms with Gasteiger partial charge < -0.3 is 5.11 Å². The lowest BCUT2D eigenvalue weighted by Gasteiger charge is -2.10. The third kappa shape index (κ3) is 4.03. The van der Waals surface area contributed by atoms with Crippen molar-refractivity contribution in [1.29, 1.82) is 0 Å². The van der Waals surface area contributed by atoms with Crippen LogP contribution in [-0.4, -0.2) is 42.8 Å². The number of nitrogens with zero attached hydrogens (tertiary/aromatic N) is 3. The molecule has 4 aromatic rings. The van der Waals surface area contributed by atoms with E-state index in [2.05, 4.69) is 8.74 Å². The van der Waals surface area contributed by atoms with Crippen LogP contribution in [0.4, 0.5) is 13.2 Å². The van der Waals surface area contributed by atoms with Crippen LogP contribution < -0.4 is 0 Å². The summed E-state index contributed by atoms with van der Waals surface area (Å²) in [6, 6.07) is 9.62. The van der Waals surface area contributed by atoms with Gasteiger partial charge in [-0.25, -0.2) is 4.21 Å². The third-order valence-corrected chi connectivity index (χ3v) is 7.24. The number of alkyl halides is 3. The Morgan fingerprint density at radius 2 is 1.91 bits per heavy atom. The summed E-state index contributed by atoms with van der Waals surface area (Å²) in [5.41, 5.74) is 1.23. The second-order valence-electron chi connectivity index (χ2n) is 7.33. The molecule has 0 fully saturated rings. The Labute approximate surface area is 185 Å². The molecule has 6 nitrogen and oxygen atoms in total. The molecule has 0 bridgehead atoms. The molecule has 0 aliphatic rings. The molecule has 0 saturated heterocycles. The van der Waals surface area contributed by atoms with Crippen LogP contribution in [0.1, 0.15) is 20.8 Å². The van der Waals surface area contributed by atoms with Crippen molar-refractivity contribution in [2.45, 2.75) is 13.1 Å². The van der Waals surface area contributed by atoms with Crippen LogP contribution in [-0.2, 0) is 15.9 Å². The zero-order valence-corrected chi connectivity index (χ0v) is 18.6. The summed E-state index contributed by atoms with van der Waals surface area (Å²) in [6.45, 7) is 1.52. The van der Waals surface area contributed by atoms with Crippen molar-refractivity contribution in [1.82, 2.24) is 8.94 Å². The van der Waals surface area contributed by atoms with Crippen LogP contribution >= 0.6 is 11.5 Å². The highest BCUT2D eigenvalue weighted by Gasteiger charge is 2.30. The van der Waals surface area contributed by atoms with Gasteiger partial charge in [-0.1, -0.05) is 0 Å². The number of hydrogen-bond donors (Lipinski definition) is 1. The van der Waals surface area contributed by atoms with E-state index in [1.807, 2.05) is 6.92 Å². The van der Waals surface area contributed by atoms with Gasteiger partial charge in [0.2, 0.25) is 0 Å². The van der Waals surface area contributed by atoms with E-state index < -0.39 is 27.4 Å². The molecule has 0 unspecified atom stereocenters. The lowest BCUT2D eigenvalue weighted by atomic mass is 10.1. The van der Waals surface area contributed by atoms with Crippen LogP contribution in [0.5, 0.6) is 0 Å². The van der Waals surface area contributed by atoms with E-state index in [1.165, 1.54) is 36.0 Å². The average molecular weight is 482 g/mol. The van der Waals surface area contributed by atoms with Gasteiger partial charge in [0.25, 0.3) is 5.91 Å². The molecule has 1 atom stereocenters. The molecule has 168 valence electrons. The van der Waals surface area contributed by atoms with Crippen molar-refractivity contribution in [3.05, 3.63) is 58.5 Å². The zero-order valence-electron chi connectivity index (χ0n) is 17.0. The number of aryl methyl sites for hydroxylation is 1.